The number of hydrogen-bond donors (Lipinski definition) is 3. The van der Waals surface area contributed by atoms with Crippen LogP contribution in [0.1, 0.15) is 34.5 Å². The highest BCUT2D eigenvalue weighted by Crippen LogP contribution is 2.26. The van der Waals surface area contributed by atoms with Crippen molar-refractivity contribution < 1.29 is 14.3 Å². The number of hydrogen-bond acceptors (Lipinski definition) is 4. The van der Waals surface area contributed by atoms with Gasteiger partial charge in [-0.05, 0) is 32.9 Å². The Morgan fingerprint density at radius 1 is 1.58 bits per heavy atom. The third kappa shape index (κ3) is 2.85. The molecule has 2 aromatic heterocycles. The van der Waals surface area contributed by atoms with Crippen molar-refractivity contribution in [3.8, 4) is 0 Å². The Kier molecular flexibility index (Phi) is 3.44. The van der Waals surface area contributed by atoms with Gasteiger partial charge in [0.1, 0.15) is 22.8 Å². The molecule has 0 bridgehead atoms. The fourth-order valence-corrected chi connectivity index (χ4v) is 1.99. The molecule has 6 heteroatoms. The van der Waals surface area contributed by atoms with Gasteiger partial charge in [-0.1, -0.05) is 0 Å². The predicted octanol–water partition coefficient (Wildman–Crippen LogP) is 1.26. The summed E-state index contributed by atoms with van der Waals surface area (Å²) in [5, 5.41) is 19.4. The summed E-state index contributed by atoms with van der Waals surface area (Å²) >= 11 is 0. The molecule has 19 heavy (non-hydrogen) atoms. The molecule has 0 aliphatic rings. The number of aryl methyl sites for hydroxylation is 2. The predicted molar refractivity (Wildman–Crippen MR) is 68.7 cm³/mol. The van der Waals surface area contributed by atoms with Gasteiger partial charge in [-0.3, -0.25) is 9.89 Å². The fraction of sp³-hybridized carbons (Fsp3) is 0.385. The van der Waals surface area contributed by atoms with Gasteiger partial charge in [0.05, 0.1) is 6.54 Å². The number of amides is 1. The minimum Gasteiger partial charge on any atom is -0.466 e. The molecule has 2 rings (SSSR count). The third-order valence-electron chi connectivity index (χ3n) is 2.96. The van der Waals surface area contributed by atoms with Crippen LogP contribution in [-0.2, 0) is 5.60 Å². The van der Waals surface area contributed by atoms with Crippen molar-refractivity contribution in [1.29, 1.82) is 0 Å². The molecule has 0 saturated carbocycles. The summed E-state index contributed by atoms with van der Waals surface area (Å²) in [7, 11) is 0. The lowest BCUT2D eigenvalue weighted by molar-refractivity contribution is 0.0512. The van der Waals surface area contributed by atoms with E-state index in [0.717, 1.165) is 5.76 Å². The van der Waals surface area contributed by atoms with Crippen LogP contribution < -0.4 is 5.32 Å². The molecule has 102 valence electrons. The second-order valence-corrected chi connectivity index (χ2v) is 4.75. The molecule has 2 aromatic rings. The summed E-state index contributed by atoms with van der Waals surface area (Å²) in [6, 6.07) is 3.34. The highest BCUT2D eigenvalue weighted by atomic mass is 16.3. The number of H-pyrrole nitrogens is 1. The minimum atomic E-state index is -1.18. The molecule has 0 fully saturated rings. The van der Waals surface area contributed by atoms with E-state index in [1.165, 1.54) is 6.20 Å². The summed E-state index contributed by atoms with van der Waals surface area (Å²) in [6.07, 6.45) is 1.50. The molecule has 0 saturated heterocycles. The SMILES string of the molecule is Cc1cc(C(C)(O)CNC(=O)c2ccn[nH]2)c(C)o1. The van der Waals surface area contributed by atoms with Gasteiger partial charge < -0.3 is 14.8 Å². The van der Waals surface area contributed by atoms with Gasteiger partial charge in [0.25, 0.3) is 5.91 Å². The van der Waals surface area contributed by atoms with Crippen LogP contribution in [0, 0.1) is 13.8 Å². The Morgan fingerprint density at radius 2 is 2.32 bits per heavy atom. The molecule has 3 N–H and O–H groups in total. The van der Waals surface area contributed by atoms with Crippen molar-refractivity contribution in [2.24, 2.45) is 0 Å². The van der Waals surface area contributed by atoms with Crippen LogP contribution in [0.3, 0.4) is 0 Å². The standard InChI is InChI=1S/C13H17N3O3/c1-8-6-10(9(2)19-8)13(3,18)7-14-12(17)11-4-5-15-16-11/h4-6,18H,7H2,1-3H3,(H,14,17)(H,15,16). The molecular formula is C13H17N3O3. The Balaban J connectivity index is 2.06. The summed E-state index contributed by atoms with van der Waals surface area (Å²) in [5.41, 5.74) is -0.150. The second-order valence-electron chi connectivity index (χ2n) is 4.75. The van der Waals surface area contributed by atoms with Gasteiger partial charge >= 0.3 is 0 Å². The van der Waals surface area contributed by atoms with E-state index in [1.807, 2.05) is 6.92 Å². The topological polar surface area (TPSA) is 91.1 Å². The number of rotatable bonds is 4. The smallest absolute Gasteiger partial charge is 0.269 e. The number of aliphatic hydroxyl groups is 1. The molecule has 0 radical (unpaired) electrons. The largest absolute Gasteiger partial charge is 0.466 e. The van der Waals surface area contributed by atoms with Crippen LogP contribution in [0.4, 0.5) is 0 Å². The number of nitrogens with one attached hydrogen (secondary N) is 2. The molecule has 2 heterocycles. The average molecular weight is 263 g/mol. The van der Waals surface area contributed by atoms with Crippen LogP contribution in [0.25, 0.3) is 0 Å². The van der Waals surface area contributed by atoms with E-state index in [0.29, 0.717) is 17.0 Å². The Morgan fingerprint density at radius 3 is 2.84 bits per heavy atom. The summed E-state index contributed by atoms with van der Waals surface area (Å²) < 4.78 is 5.39. The second kappa shape index (κ2) is 4.89. The lowest BCUT2D eigenvalue weighted by atomic mass is 9.96. The van der Waals surface area contributed by atoms with Crippen LogP contribution in [0.15, 0.2) is 22.7 Å². The van der Waals surface area contributed by atoms with Crippen molar-refractivity contribution >= 4 is 5.91 Å². The zero-order chi connectivity index (χ0) is 14.0. The maximum absolute atomic E-state index is 11.8. The average Bonchev–Trinajstić information content (AvgIpc) is 2.96. The van der Waals surface area contributed by atoms with Gasteiger partial charge in [-0.2, -0.15) is 5.10 Å². The van der Waals surface area contributed by atoms with Crippen LogP contribution in [0.2, 0.25) is 0 Å². The lowest BCUT2D eigenvalue weighted by Gasteiger charge is -2.23. The minimum absolute atomic E-state index is 0.0880. The third-order valence-corrected chi connectivity index (χ3v) is 2.96. The maximum atomic E-state index is 11.8. The number of carbonyl (C=O) groups is 1. The van der Waals surface area contributed by atoms with E-state index in [1.54, 1.807) is 26.0 Å². The molecule has 0 spiro atoms. The van der Waals surface area contributed by atoms with Gasteiger partial charge in [0.15, 0.2) is 0 Å². The van der Waals surface area contributed by atoms with E-state index in [2.05, 4.69) is 15.5 Å². The van der Waals surface area contributed by atoms with Gasteiger partial charge in [-0.15, -0.1) is 0 Å². The molecule has 0 aliphatic heterocycles. The Hall–Kier alpha value is -2.08. The Labute approximate surface area is 110 Å². The Bertz CT molecular complexity index is 570. The van der Waals surface area contributed by atoms with E-state index in [4.69, 9.17) is 4.42 Å². The van der Waals surface area contributed by atoms with Crippen molar-refractivity contribution in [3.63, 3.8) is 0 Å². The summed E-state index contributed by atoms with van der Waals surface area (Å²) in [5.74, 6) is 1.07. The number of furan rings is 1. The first kappa shape index (κ1) is 13.4. The van der Waals surface area contributed by atoms with Crippen molar-refractivity contribution in [2.75, 3.05) is 6.54 Å². The highest BCUT2D eigenvalue weighted by Gasteiger charge is 2.28. The number of aromatic amines is 1. The van der Waals surface area contributed by atoms with Crippen molar-refractivity contribution in [1.82, 2.24) is 15.5 Å². The zero-order valence-electron chi connectivity index (χ0n) is 11.2. The highest BCUT2D eigenvalue weighted by molar-refractivity contribution is 5.92. The first-order chi connectivity index (χ1) is 8.90. The first-order valence-electron chi connectivity index (χ1n) is 5.97. The molecular weight excluding hydrogens is 246 g/mol. The lowest BCUT2D eigenvalue weighted by Crippen LogP contribution is -2.38. The molecule has 1 unspecified atom stereocenters. The molecule has 6 nitrogen and oxygen atoms in total. The monoisotopic (exact) mass is 263 g/mol. The van der Waals surface area contributed by atoms with Gasteiger partial charge in [0, 0.05) is 11.8 Å². The van der Waals surface area contributed by atoms with E-state index >= 15 is 0 Å². The number of nitrogens with zero attached hydrogens (tertiary/aromatic N) is 1. The summed E-state index contributed by atoms with van der Waals surface area (Å²) in [6.45, 7) is 5.32. The van der Waals surface area contributed by atoms with E-state index < -0.39 is 5.60 Å². The summed E-state index contributed by atoms with van der Waals surface area (Å²) in [4.78, 5) is 11.8. The number of aromatic nitrogens is 2. The van der Waals surface area contributed by atoms with Crippen LogP contribution in [-0.4, -0.2) is 27.8 Å². The van der Waals surface area contributed by atoms with Crippen LogP contribution in [0.5, 0.6) is 0 Å². The van der Waals surface area contributed by atoms with Crippen molar-refractivity contribution in [2.45, 2.75) is 26.4 Å². The molecule has 1 atom stereocenters. The van der Waals surface area contributed by atoms with Crippen molar-refractivity contribution in [3.05, 3.63) is 41.1 Å². The first-order valence-corrected chi connectivity index (χ1v) is 5.97. The fourth-order valence-electron chi connectivity index (χ4n) is 1.99. The van der Waals surface area contributed by atoms with E-state index in [9.17, 15) is 9.90 Å². The van der Waals surface area contributed by atoms with Gasteiger partial charge in [0.2, 0.25) is 0 Å². The normalized spacial score (nSPS) is 14.1. The zero-order valence-corrected chi connectivity index (χ0v) is 11.2. The maximum Gasteiger partial charge on any atom is 0.269 e. The number of carbonyl (C=O) groups excluding carboxylic acids is 1. The molecule has 0 aromatic carbocycles. The van der Waals surface area contributed by atoms with Gasteiger partial charge in [-0.25, -0.2) is 0 Å². The van der Waals surface area contributed by atoms with E-state index in [-0.39, 0.29) is 12.5 Å². The molecule has 0 aliphatic carbocycles. The quantitative estimate of drug-likeness (QED) is 0.774. The molecule has 1 amide bonds. The van der Waals surface area contributed by atoms with Crippen LogP contribution >= 0.6 is 0 Å².